The van der Waals surface area contributed by atoms with Crippen molar-refractivity contribution < 1.29 is 9.84 Å². The van der Waals surface area contributed by atoms with Crippen LogP contribution in [-0.4, -0.2) is 38.3 Å². The van der Waals surface area contributed by atoms with Gasteiger partial charge in [0, 0.05) is 6.07 Å². The number of methoxy groups -OCH3 is 1. The normalized spacial score (nSPS) is 22.8. The highest BCUT2D eigenvalue weighted by atomic mass is 16.5. The van der Waals surface area contributed by atoms with E-state index in [9.17, 15) is 5.11 Å². The first kappa shape index (κ1) is 14.0. The molecule has 0 radical (unpaired) electrons. The first-order valence-corrected chi connectivity index (χ1v) is 7.39. The monoisotopic (exact) mass is 288 g/mol. The molecule has 2 aromatic rings. The summed E-state index contributed by atoms with van der Waals surface area (Å²) in [5.74, 6) is 0.552. The van der Waals surface area contributed by atoms with E-state index in [-0.39, 0.29) is 12.1 Å². The molecule has 0 saturated heterocycles. The van der Waals surface area contributed by atoms with Crippen molar-refractivity contribution in [2.45, 2.75) is 44.2 Å². The van der Waals surface area contributed by atoms with Crippen molar-refractivity contribution in [3.63, 3.8) is 0 Å². The summed E-state index contributed by atoms with van der Waals surface area (Å²) >= 11 is 0. The summed E-state index contributed by atoms with van der Waals surface area (Å²) in [6.07, 6.45) is 6.66. The van der Waals surface area contributed by atoms with Gasteiger partial charge in [0.25, 0.3) is 0 Å². The Labute approximate surface area is 123 Å². The van der Waals surface area contributed by atoms with Crippen molar-refractivity contribution >= 4 is 0 Å². The molecule has 2 atom stereocenters. The van der Waals surface area contributed by atoms with E-state index in [0.717, 1.165) is 31.4 Å². The molecule has 0 aromatic carbocycles. The lowest BCUT2D eigenvalue weighted by Crippen LogP contribution is -2.23. The van der Waals surface area contributed by atoms with E-state index >= 15 is 0 Å². The van der Waals surface area contributed by atoms with Crippen LogP contribution in [0, 0.1) is 0 Å². The molecule has 1 N–H and O–H groups in total. The van der Waals surface area contributed by atoms with Crippen molar-refractivity contribution in [3.05, 3.63) is 24.4 Å². The molecule has 2 heterocycles. The average molecular weight is 288 g/mol. The Balaban J connectivity index is 1.85. The number of nitrogens with zero attached hydrogens (tertiary/aromatic N) is 4. The largest absolute Gasteiger partial charge is 0.481 e. The van der Waals surface area contributed by atoms with Gasteiger partial charge in [0.2, 0.25) is 5.88 Å². The summed E-state index contributed by atoms with van der Waals surface area (Å²) in [4.78, 5) is 4.36. The fourth-order valence-corrected chi connectivity index (χ4v) is 2.80. The number of hydrogen-bond donors (Lipinski definition) is 1. The van der Waals surface area contributed by atoms with E-state index in [1.54, 1.807) is 17.9 Å². The van der Waals surface area contributed by atoms with Crippen molar-refractivity contribution in [3.8, 4) is 17.3 Å². The predicted octanol–water partition coefficient (Wildman–Crippen LogP) is 2.21. The van der Waals surface area contributed by atoms with Gasteiger partial charge in [-0.15, -0.1) is 5.10 Å². The van der Waals surface area contributed by atoms with Crippen LogP contribution in [0.4, 0.5) is 0 Å². The third kappa shape index (κ3) is 3.05. The Bertz CT molecular complexity index is 599. The van der Waals surface area contributed by atoms with Crippen LogP contribution in [0.3, 0.4) is 0 Å². The van der Waals surface area contributed by atoms with Crippen LogP contribution in [0.15, 0.2) is 24.4 Å². The lowest BCUT2D eigenvalue weighted by molar-refractivity contribution is 0.0980. The van der Waals surface area contributed by atoms with Crippen LogP contribution < -0.4 is 4.74 Å². The fraction of sp³-hybridized carbons (Fsp3) is 0.533. The first-order chi connectivity index (χ1) is 10.3. The number of ether oxygens (including phenoxy) is 1. The molecule has 21 heavy (non-hydrogen) atoms. The van der Waals surface area contributed by atoms with E-state index < -0.39 is 0 Å². The maximum atomic E-state index is 10.2. The van der Waals surface area contributed by atoms with Crippen LogP contribution in [0.25, 0.3) is 11.4 Å². The van der Waals surface area contributed by atoms with Crippen LogP contribution in [0.1, 0.15) is 38.1 Å². The maximum absolute atomic E-state index is 10.2. The molecule has 3 rings (SSSR count). The zero-order valence-electron chi connectivity index (χ0n) is 12.1. The zero-order valence-corrected chi connectivity index (χ0v) is 12.1. The molecule has 1 aliphatic carbocycles. The molecular weight excluding hydrogens is 268 g/mol. The lowest BCUT2D eigenvalue weighted by atomic mass is 10.1. The Hall–Kier alpha value is -1.95. The second kappa shape index (κ2) is 6.22. The van der Waals surface area contributed by atoms with Crippen molar-refractivity contribution in [2.75, 3.05) is 7.11 Å². The summed E-state index contributed by atoms with van der Waals surface area (Å²) in [7, 11) is 1.59. The summed E-state index contributed by atoms with van der Waals surface area (Å²) in [5, 5.41) is 18.6. The standard InChI is InChI=1S/C15H20N4O2/c1-21-15-9-5-6-11(16-15)12-10-19(18-17-12)13-7-3-2-4-8-14(13)20/h5-6,9-10,13-14,20H,2-4,7-8H2,1H3/t13-,14-/m1/s1. The third-order valence-corrected chi connectivity index (χ3v) is 3.99. The molecule has 6 nitrogen and oxygen atoms in total. The average Bonchev–Trinajstić information content (AvgIpc) is 2.90. The van der Waals surface area contributed by atoms with Crippen molar-refractivity contribution in [1.82, 2.24) is 20.0 Å². The minimum atomic E-state index is -0.347. The highest BCUT2D eigenvalue weighted by Crippen LogP contribution is 2.28. The second-order valence-corrected chi connectivity index (χ2v) is 5.42. The number of hydrogen-bond acceptors (Lipinski definition) is 5. The van der Waals surface area contributed by atoms with Gasteiger partial charge in [-0.25, -0.2) is 9.67 Å². The van der Waals surface area contributed by atoms with Crippen molar-refractivity contribution in [2.24, 2.45) is 0 Å². The quantitative estimate of drug-likeness (QED) is 0.877. The minimum Gasteiger partial charge on any atom is -0.481 e. The first-order valence-electron chi connectivity index (χ1n) is 7.39. The molecule has 0 unspecified atom stereocenters. The smallest absolute Gasteiger partial charge is 0.213 e. The van der Waals surface area contributed by atoms with Gasteiger partial charge < -0.3 is 9.84 Å². The number of pyridine rings is 1. The SMILES string of the molecule is COc1cccc(-c2cn([C@@H]3CCCCC[C@H]3O)nn2)n1. The molecule has 0 bridgehead atoms. The molecule has 0 spiro atoms. The molecule has 0 amide bonds. The molecule has 1 fully saturated rings. The van der Waals surface area contributed by atoms with Gasteiger partial charge in [-0.05, 0) is 18.9 Å². The van der Waals surface area contributed by atoms with Crippen LogP contribution >= 0.6 is 0 Å². The van der Waals surface area contributed by atoms with Crippen LogP contribution in [0.2, 0.25) is 0 Å². The summed E-state index contributed by atoms with van der Waals surface area (Å²) < 4.78 is 6.91. The van der Waals surface area contributed by atoms with Gasteiger partial charge in [0.1, 0.15) is 5.69 Å². The van der Waals surface area contributed by atoms with Gasteiger partial charge >= 0.3 is 0 Å². The second-order valence-electron chi connectivity index (χ2n) is 5.42. The summed E-state index contributed by atoms with van der Waals surface area (Å²) in [6.45, 7) is 0. The van der Waals surface area contributed by atoms with Gasteiger partial charge in [-0.2, -0.15) is 0 Å². The molecule has 1 aliphatic rings. The number of aliphatic hydroxyl groups is 1. The van der Waals surface area contributed by atoms with Crippen LogP contribution in [0.5, 0.6) is 5.88 Å². The van der Waals surface area contributed by atoms with E-state index in [2.05, 4.69) is 15.3 Å². The Morgan fingerprint density at radius 3 is 2.90 bits per heavy atom. The number of aliphatic hydroxyl groups excluding tert-OH is 1. The molecule has 0 aliphatic heterocycles. The highest BCUT2D eigenvalue weighted by Gasteiger charge is 2.24. The highest BCUT2D eigenvalue weighted by molar-refractivity contribution is 5.52. The summed E-state index contributed by atoms with van der Waals surface area (Å²) in [6, 6.07) is 5.56. The van der Waals surface area contributed by atoms with Crippen molar-refractivity contribution in [1.29, 1.82) is 0 Å². The zero-order chi connectivity index (χ0) is 14.7. The topological polar surface area (TPSA) is 73.1 Å². The Morgan fingerprint density at radius 2 is 2.05 bits per heavy atom. The van der Waals surface area contributed by atoms with E-state index in [1.165, 1.54) is 6.42 Å². The number of rotatable bonds is 3. The van der Waals surface area contributed by atoms with Gasteiger partial charge in [-0.1, -0.05) is 30.5 Å². The van der Waals surface area contributed by atoms with E-state index in [0.29, 0.717) is 11.6 Å². The lowest BCUT2D eigenvalue weighted by Gasteiger charge is -2.19. The van der Waals surface area contributed by atoms with E-state index in [1.807, 2.05) is 18.3 Å². The van der Waals surface area contributed by atoms with Crippen LogP contribution in [-0.2, 0) is 0 Å². The molecular formula is C15H20N4O2. The minimum absolute atomic E-state index is 0.0133. The predicted molar refractivity (Wildman–Crippen MR) is 77.9 cm³/mol. The molecule has 112 valence electrons. The third-order valence-electron chi connectivity index (χ3n) is 3.99. The molecule has 1 saturated carbocycles. The van der Waals surface area contributed by atoms with E-state index in [4.69, 9.17) is 4.74 Å². The molecule has 2 aromatic heterocycles. The summed E-state index contributed by atoms with van der Waals surface area (Å²) in [5.41, 5.74) is 1.43. The maximum Gasteiger partial charge on any atom is 0.213 e. The number of aromatic nitrogens is 4. The molecule has 6 heteroatoms. The fourth-order valence-electron chi connectivity index (χ4n) is 2.80. The van der Waals surface area contributed by atoms with Gasteiger partial charge in [-0.3, -0.25) is 0 Å². The van der Waals surface area contributed by atoms with Gasteiger partial charge in [0.05, 0.1) is 31.1 Å². The Kier molecular flexibility index (Phi) is 4.15. The Morgan fingerprint density at radius 1 is 1.19 bits per heavy atom. The van der Waals surface area contributed by atoms with Gasteiger partial charge in [0.15, 0.2) is 0 Å².